The minimum atomic E-state index is 1.08. The van der Waals surface area contributed by atoms with Gasteiger partial charge in [-0.2, -0.15) is 0 Å². The first-order valence-electron chi connectivity index (χ1n) is 18.2. The molecule has 0 aliphatic heterocycles. The highest BCUT2D eigenvalue weighted by Crippen LogP contribution is 2.43. The van der Waals surface area contributed by atoms with Crippen LogP contribution in [0.25, 0.3) is 66.6 Å². The number of aryl methyl sites for hydroxylation is 1. The van der Waals surface area contributed by atoms with Crippen molar-refractivity contribution < 1.29 is 0 Å². The Morgan fingerprint density at radius 3 is 1.96 bits per heavy atom. The standard InChI is InChI=1S/C50H36N2/c1-2-13-36(14-3-1)44-19-8-10-23-48(44)51(39-28-25-38(26-29-39)43-22-12-17-35-15-4-6-18-42(35)43)40-30-32-41(33-31-40)52-49-24-11-9-21-46(49)47-34-27-37-16-5-7-20-45(37)50(47)52/h1-4,6-15,17-34H,5,16H2. The normalized spacial score (nSPS) is 12.4. The zero-order valence-electron chi connectivity index (χ0n) is 28.8. The van der Waals surface area contributed by atoms with Gasteiger partial charge in [-0.25, -0.2) is 0 Å². The molecule has 9 aromatic rings. The lowest BCUT2D eigenvalue weighted by atomic mass is 9.95. The van der Waals surface area contributed by atoms with E-state index in [-0.39, 0.29) is 0 Å². The SMILES string of the molecule is C1=Cc2c(ccc3c4ccccc4n(-c4ccc(N(c5ccc(-c6cccc7ccccc67)cc5)c5ccccc5-c5ccccc5)cc4)c23)CC1. The molecule has 2 nitrogen and oxygen atoms in total. The number of anilines is 3. The van der Waals surface area contributed by atoms with Crippen molar-refractivity contribution in [2.75, 3.05) is 4.90 Å². The first-order chi connectivity index (χ1) is 25.8. The van der Waals surface area contributed by atoms with Gasteiger partial charge < -0.3 is 9.47 Å². The molecule has 0 atom stereocenters. The van der Waals surface area contributed by atoms with Crippen molar-refractivity contribution in [2.24, 2.45) is 0 Å². The third-order valence-electron chi connectivity index (χ3n) is 10.7. The van der Waals surface area contributed by atoms with E-state index in [0.29, 0.717) is 0 Å². The molecule has 0 saturated heterocycles. The summed E-state index contributed by atoms with van der Waals surface area (Å²) in [6, 6.07) is 66.3. The van der Waals surface area contributed by atoms with Gasteiger partial charge in [0.2, 0.25) is 0 Å². The minimum absolute atomic E-state index is 1.08. The van der Waals surface area contributed by atoms with Gasteiger partial charge in [-0.15, -0.1) is 0 Å². The number of aromatic nitrogens is 1. The van der Waals surface area contributed by atoms with E-state index in [2.05, 4.69) is 204 Å². The number of fused-ring (bicyclic) bond motifs is 6. The summed E-state index contributed by atoms with van der Waals surface area (Å²) in [7, 11) is 0. The van der Waals surface area contributed by atoms with Crippen LogP contribution in [0, 0.1) is 0 Å². The smallest absolute Gasteiger partial charge is 0.0616 e. The van der Waals surface area contributed by atoms with Crippen LogP contribution in [0.4, 0.5) is 17.1 Å². The average molecular weight is 665 g/mol. The summed E-state index contributed by atoms with van der Waals surface area (Å²) in [5, 5.41) is 5.10. The van der Waals surface area contributed by atoms with Gasteiger partial charge in [-0.3, -0.25) is 0 Å². The second kappa shape index (κ2) is 12.6. The van der Waals surface area contributed by atoms with E-state index in [4.69, 9.17) is 0 Å². The van der Waals surface area contributed by atoms with Crippen molar-refractivity contribution in [1.29, 1.82) is 0 Å². The van der Waals surface area contributed by atoms with Crippen molar-refractivity contribution >= 4 is 55.7 Å². The van der Waals surface area contributed by atoms with Crippen molar-refractivity contribution in [3.63, 3.8) is 0 Å². The molecule has 1 aliphatic carbocycles. The third kappa shape index (κ3) is 5.03. The highest BCUT2D eigenvalue weighted by molar-refractivity contribution is 6.12. The maximum Gasteiger partial charge on any atom is 0.0616 e. The van der Waals surface area contributed by atoms with Crippen LogP contribution in [0.3, 0.4) is 0 Å². The quantitative estimate of drug-likeness (QED) is 0.172. The lowest BCUT2D eigenvalue weighted by molar-refractivity contribution is 0.986. The van der Waals surface area contributed by atoms with E-state index in [9.17, 15) is 0 Å². The Bertz CT molecular complexity index is 2760. The van der Waals surface area contributed by atoms with Crippen LogP contribution < -0.4 is 4.90 Å². The third-order valence-corrected chi connectivity index (χ3v) is 10.7. The Balaban J connectivity index is 1.13. The highest BCUT2D eigenvalue weighted by Gasteiger charge is 2.20. The van der Waals surface area contributed by atoms with E-state index in [1.54, 1.807) is 0 Å². The Kier molecular flexibility index (Phi) is 7.32. The molecule has 10 rings (SSSR count). The lowest BCUT2D eigenvalue weighted by Gasteiger charge is -2.28. The first-order valence-corrected chi connectivity index (χ1v) is 18.2. The molecular formula is C50H36N2. The van der Waals surface area contributed by atoms with Gasteiger partial charge in [0.1, 0.15) is 0 Å². The molecule has 246 valence electrons. The predicted octanol–water partition coefficient (Wildman–Crippen LogP) is 13.7. The van der Waals surface area contributed by atoms with Gasteiger partial charge in [-0.1, -0.05) is 146 Å². The molecule has 0 N–H and O–H groups in total. The summed E-state index contributed by atoms with van der Waals surface area (Å²) in [5.74, 6) is 0. The molecule has 0 amide bonds. The Morgan fingerprint density at radius 1 is 0.462 bits per heavy atom. The van der Waals surface area contributed by atoms with E-state index in [0.717, 1.165) is 35.6 Å². The molecule has 0 unspecified atom stereocenters. The number of hydrogen-bond donors (Lipinski definition) is 0. The summed E-state index contributed by atoms with van der Waals surface area (Å²) in [6.45, 7) is 0. The maximum atomic E-state index is 2.46. The van der Waals surface area contributed by atoms with Crippen molar-refractivity contribution in [3.8, 4) is 27.9 Å². The molecule has 0 radical (unpaired) electrons. The molecule has 0 fully saturated rings. The number of nitrogens with zero attached hydrogens (tertiary/aromatic N) is 2. The first kappa shape index (κ1) is 30.2. The van der Waals surface area contributed by atoms with Crippen LogP contribution in [-0.2, 0) is 6.42 Å². The Hall–Kier alpha value is -6.64. The molecule has 0 bridgehead atoms. The Labute approximate surface area is 304 Å². The number of hydrogen-bond acceptors (Lipinski definition) is 1. The summed E-state index contributed by atoms with van der Waals surface area (Å²) >= 11 is 0. The molecule has 0 saturated carbocycles. The monoisotopic (exact) mass is 664 g/mol. The van der Waals surface area contributed by atoms with Crippen LogP contribution in [0.2, 0.25) is 0 Å². The van der Waals surface area contributed by atoms with Gasteiger partial charge in [0.25, 0.3) is 0 Å². The molecule has 52 heavy (non-hydrogen) atoms. The van der Waals surface area contributed by atoms with Gasteiger partial charge in [0, 0.05) is 39.0 Å². The second-order valence-electron chi connectivity index (χ2n) is 13.6. The van der Waals surface area contributed by atoms with Gasteiger partial charge in [0.15, 0.2) is 0 Å². The summed E-state index contributed by atoms with van der Waals surface area (Å²) in [6.07, 6.45) is 6.82. The molecule has 0 spiro atoms. The predicted molar refractivity (Wildman–Crippen MR) is 221 cm³/mol. The van der Waals surface area contributed by atoms with Crippen LogP contribution >= 0.6 is 0 Å². The maximum absolute atomic E-state index is 2.46. The van der Waals surface area contributed by atoms with Gasteiger partial charge in [0.05, 0.1) is 16.7 Å². The zero-order valence-corrected chi connectivity index (χ0v) is 28.8. The van der Waals surface area contributed by atoms with Gasteiger partial charge >= 0.3 is 0 Å². The van der Waals surface area contributed by atoms with Gasteiger partial charge in [-0.05, 0) is 94.4 Å². The fraction of sp³-hybridized carbons (Fsp3) is 0.0400. The van der Waals surface area contributed by atoms with Crippen LogP contribution in [0.1, 0.15) is 17.5 Å². The Morgan fingerprint density at radius 2 is 1.12 bits per heavy atom. The van der Waals surface area contributed by atoms with Crippen LogP contribution in [0.15, 0.2) is 188 Å². The highest BCUT2D eigenvalue weighted by atomic mass is 15.1. The number of benzene rings is 8. The molecule has 1 aromatic heterocycles. The summed E-state index contributed by atoms with van der Waals surface area (Å²) in [5.41, 5.74) is 14.6. The van der Waals surface area contributed by atoms with E-state index >= 15 is 0 Å². The molecule has 1 heterocycles. The van der Waals surface area contributed by atoms with E-state index in [1.807, 2.05) is 0 Å². The minimum Gasteiger partial charge on any atom is -0.310 e. The van der Waals surface area contributed by atoms with Crippen molar-refractivity contribution in [1.82, 2.24) is 4.57 Å². The largest absolute Gasteiger partial charge is 0.310 e. The number of rotatable bonds is 6. The summed E-state index contributed by atoms with van der Waals surface area (Å²) in [4.78, 5) is 2.40. The van der Waals surface area contributed by atoms with Crippen molar-refractivity contribution in [3.05, 3.63) is 199 Å². The number of allylic oxidation sites excluding steroid dienone is 1. The molecule has 8 aromatic carbocycles. The van der Waals surface area contributed by atoms with E-state index < -0.39 is 0 Å². The molecule has 1 aliphatic rings. The van der Waals surface area contributed by atoms with Crippen LogP contribution in [-0.4, -0.2) is 4.57 Å². The average Bonchev–Trinajstić information content (AvgIpc) is 3.57. The van der Waals surface area contributed by atoms with E-state index in [1.165, 1.54) is 66.0 Å². The summed E-state index contributed by atoms with van der Waals surface area (Å²) < 4.78 is 2.46. The van der Waals surface area contributed by atoms with Crippen molar-refractivity contribution in [2.45, 2.75) is 12.8 Å². The molecular weight excluding hydrogens is 629 g/mol. The second-order valence-corrected chi connectivity index (χ2v) is 13.6. The van der Waals surface area contributed by atoms with Crippen LogP contribution in [0.5, 0.6) is 0 Å². The number of para-hydroxylation sites is 2. The zero-order chi connectivity index (χ0) is 34.4. The lowest BCUT2D eigenvalue weighted by Crippen LogP contribution is -2.11. The molecule has 2 heteroatoms. The topological polar surface area (TPSA) is 8.17 Å². The fourth-order valence-corrected chi connectivity index (χ4v) is 8.21. The fourth-order valence-electron chi connectivity index (χ4n) is 8.21.